The zero-order chi connectivity index (χ0) is 16.1. The molecule has 0 aliphatic rings. The maximum atomic E-state index is 12.3. The lowest BCUT2D eigenvalue weighted by molar-refractivity contribution is -0.131. The van der Waals surface area contributed by atoms with Crippen molar-refractivity contribution in [3.63, 3.8) is 0 Å². The quantitative estimate of drug-likeness (QED) is 0.758. The molecule has 1 heterocycles. The minimum absolute atomic E-state index is 0.140. The number of halogens is 1. The molecule has 0 atom stereocenters. The van der Waals surface area contributed by atoms with Crippen LogP contribution in [0.25, 0.3) is 0 Å². The molecular formula is C17H21BrN2OS. The molecule has 1 aromatic carbocycles. The number of rotatable bonds is 6. The predicted molar refractivity (Wildman–Crippen MR) is 96.0 cm³/mol. The maximum absolute atomic E-state index is 12.3. The molecule has 118 valence electrons. The van der Waals surface area contributed by atoms with E-state index in [9.17, 15) is 4.79 Å². The van der Waals surface area contributed by atoms with E-state index in [1.165, 1.54) is 16.0 Å². The molecule has 1 aromatic heterocycles. The number of thiophene rings is 1. The SMILES string of the molecule is Cc1ccccc1CN(C)C(=O)CN(C)Cc1ccc(Br)s1. The van der Waals surface area contributed by atoms with E-state index in [2.05, 4.69) is 46.0 Å². The van der Waals surface area contributed by atoms with Crippen LogP contribution in [0.2, 0.25) is 0 Å². The first-order valence-corrected chi connectivity index (χ1v) is 8.78. The number of hydrogen-bond acceptors (Lipinski definition) is 3. The van der Waals surface area contributed by atoms with Crippen molar-refractivity contribution in [1.29, 1.82) is 0 Å². The molecule has 0 unspecified atom stereocenters. The number of benzene rings is 1. The van der Waals surface area contributed by atoms with E-state index in [0.717, 1.165) is 10.3 Å². The Balaban J connectivity index is 1.87. The molecule has 22 heavy (non-hydrogen) atoms. The van der Waals surface area contributed by atoms with Gasteiger partial charge in [0, 0.05) is 25.0 Å². The number of carbonyl (C=O) groups excluding carboxylic acids is 1. The predicted octanol–water partition coefficient (Wildman–Crippen LogP) is 3.91. The molecule has 0 N–H and O–H groups in total. The van der Waals surface area contributed by atoms with Crippen molar-refractivity contribution in [3.8, 4) is 0 Å². The summed E-state index contributed by atoms with van der Waals surface area (Å²) >= 11 is 5.17. The highest BCUT2D eigenvalue weighted by atomic mass is 79.9. The van der Waals surface area contributed by atoms with Gasteiger partial charge in [-0.2, -0.15) is 0 Å². The Kier molecular flexibility index (Phi) is 6.17. The second-order valence-electron chi connectivity index (χ2n) is 5.55. The van der Waals surface area contributed by atoms with Gasteiger partial charge in [0.15, 0.2) is 0 Å². The normalized spacial score (nSPS) is 11.0. The highest BCUT2D eigenvalue weighted by molar-refractivity contribution is 9.11. The van der Waals surface area contributed by atoms with Crippen molar-refractivity contribution in [2.45, 2.75) is 20.0 Å². The van der Waals surface area contributed by atoms with Gasteiger partial charge < -0.3 is 4.90 Å². The van der Waals surface area contributed by atoms with E-state index >= 15 is 0 Å². The van der Waals surface area contributed by atoms with Gasteiger partial charge in [-0.1, -0.05) is 24.3 Å². The summed E-state index contributed by atoms with van der Waals surface area (Å²) in [7, 11) is 3.84. The summed E-state index contributed by atoms with van der Waals surface area (Å²) < 4.78 is 1.12. The molecule has 2 aromatic rings. The van der Waals surface area contributed by atoms with Crippen molar-refractivity contribution in [2.24, 2.45) is 0 Å². The topological polar surface area (TPSA) is 23.6 Å². The van der Waals surface area contributed by atoms with Gasteiger partial charge in [-0.15, -0.1) is 11.3 Å². The summed E-state index contributed by atoms with van der Waals surface area (Å²) in [5, 5.41) is 0. The molecule has 0 saturated carbocycles. The van der Waals surface area contributed by atoms with E-state index < -0.39 is 0 Å². The van der Waals surface area contributed by atoms with E-state index in [1.807, 2.05) is 32.3 Å². The van der Waals surface area contributed by atoms with Gasteiger partial charge in [-0.3, -0.25) is 9.69 Å². The van der Waals surface area contributed by atoms with E-state index in [4.69, 9.17) is 0 Å². The van der Waals surface area contributed by atoms with Crippen molar-refractivity contribution in [1.82, 2.24) is 9.80 Å². The molecule has 0 fully saturated rings. The van der Waals surface area contributed by atoms with Gasteiger partial charge >= 0.3 is 0 Å². The summed E-state index contributed by atoms with van der Waals surface area (Å²) in [5.74, 6) is 0.140. The van der Waals surface area contributed by atoms with Crippen LogP contribution < -0.4 is 0 Å². The highest BCUT2D eigenvalue weighted by Crippen LogP contribution is 2.22. The van der Waals surface area contributed by atoms with Crippen LogP contribution in [0.5, 0.6) is 0 Å². The standard InChI is InChI=1S/C17H21BrN2OS/c1-13-6-4-5-7-14(13)10-20(3)17(21)12-19(2)11-15-8-9-16(18)22-15/h4-9H,10-12H2,1-3H3. The molecule has 0 saturated heterocycles. The van der Waals surface area contributed by atoms with Gasteiger partial charge in [0.2, 0.25) is 5.91 Å². The first-order chi connectivity index (χ1) is 10.5. The van der Waals surface area contributed by atoms with Gasteiger partial charge in [-0.05, 0) is 53.2 Å². The van der Waals surface area contributed by atoms with Gasteiger partial charge in [0.25, 0.3) is 0 Å². The van der Waals surface area contributed by atoms with Crippen molar-refractivity contribution >= 4 is 33.2 Å². The fourth-order valence-electron chi connectivity index (χ4n) is 2.24. The van der Waals surface area contributed by atoms with E-state index in [-0.39, 0.29) is 5.91 Å². The first kappa shape index (κ1) is 17.2. The summed E-state index contributed by atoms with van der Waals surface area (Å²) in [6, 6.07) is 12.3. The summed E-state index contributed by atoms with van der Waals surface area (Å²) in [6.07, 6.45) is 0. The number of carbonyl (C=O) groups is 1. The third-order valence-corrected chi connectivity index (χ3v) is 5.16. The monoisotopic (exact) mass is 380 g/mol. The van der Waals surface area contributed by atoms with Crippen molar-refractivity contribution in [3.05, 3.63) is 56.2 Å². The minimum Gasteiger partial charge on any atom is -0.340 e. The Morgan fingerprint density at radius 2 is 1.86 bits per heavy atom. The Bertz CT molecular complexity index is 641. The van der Waals surface area contributed by atoms with Crippen LogP contribution in [0, 0.1) is 6.92 Å². The minimum atomic E-state index is 0.140. The third-order valence-electron chi connectivity index (χ3n) is 3.55. The third kappa shape index (κ3) is 4.93. The molecule has 3 nitrogen and oxygen atoms in total. The van der Waals surface area contributed by atoms with Crippen LogP contribution in [0.15, 0.2) is 40.2 Å². The molecule has 2 rings (SSSR count). The van der Waals surface area contributed by atoms with Crippen LogP contribution in [0.3, 0.4) is 0 Å². The molecule has 0 aliphatic heterocycles. The number of nitrogens with zero attached hydrogens (tertiary/aromatic N) is 2. The Hall–Kier alpha value is -1.17. The van der Waals surface area contributed by atoms with Gasteiger partial charge in [0.1, 0.15) is 0 Å². The highest BCUT2D eigenvalue weighted by Gasteiger charge is 2.13. The van der Waals surface area contributed by atoms with E-state index in [0.29, 0.717) is 13.1 Å². The van der Waals surface area contributed by atoms with Crippen molar-refractivity contribution in [2.75, 3.05) is 20.6 Å². The zero-order valence-electron chi connectivity index (χ0n) is 13.2. The largest absolute Gasteiger partial charge is 0.340 e. The Morgan fingerprint density at radius 1 is 1.14 bits per heavy atom. The number of amides is 1. The first-order valence-electron chi connectivity index (χ1n) is 7.17. The molecule has 5 heteroatoms. The van der Waals surface area contributed by atoms with Gasteiger partial charge in [0.05, 0.1) is 10.3 Å². The van der Waals surface area contributed by atoms with Gasteiger partial charge in [-0.25, -0.2) is 0 Å². The molecule has 0 spiro atoms. The van der Waals surface area contributed by atoms with Crippen molar-refractivity contribution < 1.29 is 4.79 Å². The van der Waals surface area contributed by atoms with Crippen LogP contribution >= 0.6 is 27.3 Å². The lowest BCUT2D eigenvalue weighted by Crippen LogP contribution is -2.36. The Labute approximate surface area is 144 Å². The maximum Gasteiger partial charge on any atom is 0.236 e. The lowest BCUT2D eigenvalue weighted by Gasteiger charge is -2.22. The summed E-state index contributed by atoms with van der Waals surface area (Å²) in [6.45, 7) is 3.95. The zero-order valence-corrected chi connectivity index (χ0v) is 15.6. The van der Waals surface area contributed by atoms with E-state index in [1.54, 1.807) is 16.2 Å². The second-order valence-corrected chi connectivity index (χ2v) is 8.10. The molecule has 0 aliphatic carbocycles. The molecule has 0 bridgehead atoms. The average Bonchev–Trinajstić information content (AvgIpc) is 2.86. The molecule has 0 radical (unpaired) electrons. The van der Waals surface area contributed by atoms with Crippen LogP contribution in [0.4, 0.5) is 0 Å². The van der Waals surface area contributed by atoms with Crippen LogP contribution in [0.1, 0.15) is 16.0 Å². The Morgan fingerprint density at radius 3 is 2.50 bits per heavy atom. The van der Waals surface area contributed by atoms with Crippen LogP contribution in [-0.4, -0.2) is 36.3 Å². The second kappa shape index (κ2) is 7.90. The van der Waals surface area contributed by atoms with Crippen LogP contribution in [-0.2, 0) is 17.9 Å². The fourth-order valence-corrected chi connectivity index (χ4v) is 3.80. The smallest absolute Gasteiger partial charge is 0.236 e. The molecule has 1 amide bonds. The number of hydrogen-bond donors (Lipinski definition) is 0. The fraction of sp³-hybridized carbons (Fsp3) is 0.353. The number of aryl methyl sites for hydroxylation is 1. The number of likely N-dealkylation sites (N-methyl/N-ethyl adjacent to an activating group) is 2. The summed E-state index contributed by atoms with van der Waals surface area (Å²) in [5.41, 5.74) is 2.42. The average molecular weight is 381 g/mol. The molecular weight excluding hydrogens is 360 g/mol. The summed E-state index contributed by atoms with van der Waals surface area (Å²) in [4.78, 5) is 17.4. The lowest BCUT2D eigenvalue weighted by atomic mass is 10.1.